The van der Waals surface area contributed by atoms with Crippen LogP contribution in [0.5, 0.6) is 0 Å². The number of carbonyl (C=O) groups excluding carboxylic acids is 1. The molecule has 0 N–H and O–H groups in total. The summed E-state index contributed by atoms with van der Waals surface area (Å²) in [5, 5.41) is 1.18. The van der Waals surface area contributed by atoms with Crippen LogP contribution < -0.4 is 5.56 Å². The molecule has 1 amide bonds. The van der Waals surface area contributed by atoms with Crippen LogP contribution in [0.25, 0.3) is 10.9 Å². The summed E-state index contributed by atoms with van der Waals surface area (Å²) in [6.07, 6.45) is 0. The summed E-state index contributed by atoms with van der Waals surface area (Å²) in [6, 6.07) is 17.2. The minimum absolute atomic E-state index is 0.00145. The zero-order valence-corrected chi connectivity index (χ0v) is 16.6. The number of aromatic nitrogens is 2. The van der Waals surface area contributed by atoms with Crippen molar-refractivity contribution < 1.29 is 4.79 Å². The number of carbonyl (C=O) groups is 1. The van der Waals surface area contributed by atoms with Gasteiger partial charge in [-0.3, -0.25) is 14.2 Å². The quantitative estimate of drug-likeness (QED) is 0.482. The molecule has 0 spiro atoms. The highest BCUT2D eigenvalue weighted by molar-refractivity contribution is 7.99. The summed E-state index contributed by atoms with van der Waals surface area (Å²) in [4.78, 5) is 31.7. The Bertz CT molecular complexity index is 999. The number of rotatable bonds is 6. The molecule has 1 heterocycles. The number of nitrogens with zero attached hydrogens (tertiary/aromatic N) is 3. The molecule has 0 fully saturated rings. The molecule has 0 atom stereocenters. The molecular formula is C21H23N3O2S. The third-order valence-corrected chi connectivity index (χ3v) is 5.24. The standard InChI is InChI=1S/C21H23N3O2S/c1-15(2)24-20(26)17-11-7-8-12-18(17)22-21(24)27-14-19(25)23(3)13-16-9-5-4-6-10-16/h4-12,15H,13-14H2,1-3H3. The van der Waals surface area contributed by atoms with Crippen molar-refractivity contribution in [3.63, 3.8) is 0 Å². The highest BCUT2D eigenvalue weighted by Gasteiger charge is 2.16. The van der Waals surface area contributed by atoms with E-state index in [9.17, 15) is 9.59 Å². The van der Waals surface area contributed by atoms with Gasteiger partial charge in [-0.15, -0.1) is 0 Å². The lowest BCUT2D eigenvalue weighted by atomic mass is 10.2. The first kappa shape index (κ1) is 19.2. The van der Waals surface area contributed by atoms with E-state index in [4.69, 9.17) is 0 Å². The van der Waals surface area contributed by atoms with E-state index in [1.807, 2.05) is 62.4 Å². The van der Waals surface area contributed by atoms with Gasteiger partial charge in [-0.2, -0.15) is 0 Å². The summed E-state index contributed by atoms with van der Waals surface area (Å²) >= 11 is 1.31. The molecular weight excluding hydrogens is 358 g/mol. The van der Waals surface area contributed by atoms with Crippen LogP contribution >= 0.6 is 11.8 Å². The van der Waals surface area contributed by atoms with Crippen molar-refractivity contribution in [1.29, 1.82) is 0 Å². The first-order valence-electron chi connectivity index (χ1n) is 8.89. The van der Waals surface area contributed by atoms with E-state index in [2.05, 4.69) is 4.98 Å². The molecule has 0 bridgehead atoms. The highest BCUT2D eigenvalue weighted by Crippen LogP contribution is 2.21. The van der Waals surface area contributed by atoms with E-state index in [1.54, 1.807) is 22.6 Å². The van der Waals surface area contributed by atoms with Gasteiger partial charge < -0.3 is 4.90 Å². The molecule has 0 radical (unpaired) electrons. The van der Waals surface area contributed by atoms with Crippen LogP contribution in [-0.2, 0) is 11.3 Å². The molecule has 0 saturated carbocycles. The van der Waals surface area contributed by atoms with Crippen molar-refractivity contribution in [1.82, 2.24) is 14.5 Å². The summed E-state index contributed by atoms with van der Waals surface area (Å²) in [5.74, 6) is 0.238. The number of benzene rings is 2. The summed E-state index contributed by atoms with van der Waals surface area (Å²) in [7, 11) is 1.79. The fraction of sp³-hybridized carbons (Fsp3) is 0.286. The minimum atomic E-state index is -0.0665. The van der Waals surface area contributed by atoms with Crippen molar-refractivity contribution in [2.45, 2.75) is 31.6 Å². The van der Waals surface area contributed by atoms with Crippen LogP contribution in [0.4, 0.5) is 0 Å². The second kappa shape index (κ2) is 8.39. The van der Waals surface area contributed by atoms with Gasteiger partial charge in [-0.25, -0.2) is 4.98 Å². The van der Waals surface area contributed by atoms with Gasteiger partial charge in [0.2, 0.25) is 5.91 Å². The Kier molecular flexibility index (Phi) is 5.96. The number of hydrogen-bond acceptors (Lipinski definition) is 4. The van der Waals surface area contributed by atoms with Crippen LogP contribution in [0.1, 0.15) is 25.5 Å². The van der Waals surface area contributed by atoms with Crippen molar-refractivity contribution in [2.75, 3.05) is 12.8 Å². The molecule has 0 unspecified atom stereocenters. The second-order valence-corrected chi connectivity index (χ2v) is 7.65. The van der Waals surface area contributed by atoms with Gasteiger partial charge in [-0.05, 0) is 31.5 Å². The molecule has 6 heteroatoms. The number of para-hydroxylation sites is 1. The fourth-order valence-electron chi connectivity index (χ4n) is 2.86. The van der Waals surface area contributed by atoms with Crippen molar-refractivity contribution >= 4 is 28.6 Å². The van der Waals surface area contributed by atoms with Gasteiger partial charge in [0.1, 0.15) is 0 Å². The van der Waals surface area contributed by atoms with E-state index < -0.39 is 0 Å². The van der Waals surface area contributed by atoms with E-state index >= 15 is 0 Å². The molecule has 1 aromatic heterocycles. The Morgan fingerprint density at radius 1 is 1.11 bits per heavy atom. The molecule has 5 nitrogen and oxygen atoms in total. The SMILES string of the molecule is CC(C)n1c(SCC(=O)N(C)Cc2ccccc2)nc2ccccc2c1=O. The molecule has 140 valence electrons. The van der Waals surface area contributed by atoms with Crippen molar-refractivity contribution in [3.05, 3.63) is 70.5 Å². The lowest BCUT2D eigenvalue weighted by molar-refractivity contribution is -0.127. The van der Waals surface area contributed by atoms with Crippen LogP contribution in [0, 0.1) is 0 Å². The van der Waals surface area contributed by atoms with E-state index in [1.165, 1.54) is 11.8 Å². The van der Waals surface area contributed by atoms with Crippen LogP contribution in [0.15, 0.2) is 64.5 Å². The van der Waals surface area contributed by atoms with Crippen molar-refractivity contribution in [2.24, 2.45) is 0 Å². The van der Waals surface area contributed by atoms with Crippen LogP contribution in [0.2, 0.25) is 0 Å². The largest absolute Gasteiger partial charge is 0.341 e. The molecule has 27 heavy (non-hydrogen) atoms. The molecule has 0 saturated heterocycles. The number of hydrogen-bond donors (Lipinski definition) is 0. The predicted octanol–water partition coefficient (Wildman–Crippen LogP) is 3.73. The monoisotopic (exact) mass is 381 g/mol. The van der Waals surface area contributed by atoms with Gasteiger partial charge in [0.15, 0.2) is 5.16 Å². The van der Waals surface area contributed by atoms with E-state index in [-0.39, 0.29) is 23.3 Å². The topological polar surface area (TPSA) is 55.2 Å². The molecule has 3 aromatic rings. The van der Waals surface area contributed by atoms with Crippen LogP contribution in [-0.4, -0.2) is 33.2 Å². The number of thioether (sulfide) groups is 1. The smallest absolute Gasteiger partial charge is 0.262 e. The molecule has 0 aliphatic carbocycles. The van der Waals surface area contributed by atoms with Gasteiger partial charge >= 0.3 is 0 Å². The molecule has 2 aromatic carbocycles. The maximum absolute atomic E-state index is 12.8. The number of amides is 1. The third kappa shape index (κ3) is 4.39. The normalized spacial score (nSPS) is 11.1. The van der Waals surface area contributed by atoms with Gasteiger partial charge in [0, 0.05) is 19.6 Å². The lowest BCUT2D eigenvalue weighted by Crippen LogP contribution is -2.29. The Hall–Kier alpha value is -2.60. The number of fused-ring (bicyclic) bond motifs is 1. The van der Waals surface area contributed by atoms with Crippen LogP contribution in [0.3, 0.4) is 0 Å². The van der Waals surface area contributed by atoms with Crippen molar-refractivity contribution in [3.8, 4) is 0 Å². The fourth-order valence-corrected chi connectivity index (χ4v) is 3.93. The Morgan fingerprint density at radius 3 is 2.48 bits per heavy atom. The van der Waals surface area contributed by atoms with E-state index in [0.29, 0.717) is 22.6 Å². The zero-order valence-electron chi connectivity index (χ0n) is 15.8. The molecule has 0 aliphatic heterocycles. The Labute approximate surface area is 163 Å². The third-order valence-electron chi connectivity index (χ3n) is 4.30. The first-order valence-corrected chi connectivity index (χ1v) is 9.88. The van der Waals surface area contributed by atoms with Gasteiger partial charge in [0.25, 0.3) is 5.56 Å². The van der Waals surface area contributed by atoms with Gasteiger partial charge in [-0.1, -0.05) is 54.2 Å². The average molecular weight is 382 g/mol. The average Bonchev–Trinajstić information content (AvgIpc) is 2.66. The lowest BCUT2D eigenvalue weighted by Gasteiger charge is -2.19. The highest BCUT2D eigenvalue weighted by atomic mass is 32.2. The summed E-state index contributed by atoms with van der Waals surface area (Å²) in [6.45, 7) is 4.46. The minimum Gasteiger partial charge on any atom is -0.341 e. The Morgan fingerprint density at radius 2 is 1.78 bits per heavy atom. The Balaban J connectivity index is 1.79. The van der Waals surface area contributed by atoms with Gasteiger partial charge in [0.05, 0.1) is 16.7 Å². The first-order chi connectivity index (χ1) is 13.0. The zero-order chi connectivity index (χ0) is 19.4. The maximum Gasteiger partial charge on any atom is 0.262 e. The molecule has 3 rings (SSSR count). The predicted molar refractivity (Wildman–Crippen MR) is 110 cm³/mol. The summed E-state index contributed by atoms with van der Waals surface area (Å²) < 4.78 is 1.66. The van der Waals surface area contributed by atoms with E-state index in [0.717, 1.165) is 5.56 Å². The summed E-state index contributed by atoms with van der Waals surface area (Å²) in [5.41, 5.74) is 1.68. The maximum atomic E-state index is 12.8. The second-order valence-electron chi connectivity index (χ2n) is 6.70. The molecule has 0 aliphatic rings.